The van der Waals surface area contributed by atoms with E-state index in [1.54, 1.807) is 12.4 Å². The summed E-state index contributed by atoms with van der Waals surface area (Å²) in [5.74, 6) is 0.959. The van der Waals surface area contributed by atoms with Gasteiger partial charge in [0.2, 0.25) is 5.71 Å². The Kier molecular flexibility index (Phi) is 4.51. The molecule has 1 saturated carbocycles. The van der Waals surface area contributed by atoms with Crippen LogP contribution in [-0.4, -0.2) is 50.6 Å². The number of nitrogens with two attached hydrogens (primary N) is 2. The second-order valence-corrected chi connectivity index (χ2v) is 8.16. The zero-order chi connectivity index (χ0) is 20.7. The molecule has 154 valence electrons. The molecule has 8 heteroatoms. The molecule has 1 aliphatic carbocycles. The van der Waals surface area contributed by atoms with Crippen LogP contribution >= 0.6 is 0 Å². The summed E-state index contributed by atoms with van der Waals surface area (Å²) in [5, 5.41) is 14.5. The van der Waals surface area contributed by atoms with E-state index in [-0.39, 0.29) is 0 Å². The Hall–Kier alpha value is -3.26. The van der Waals surface area contributed by atoms with E-state index in [0.717, 1.165) is 54.5 Å². The van der Waals surface area contributed by atoms with Gasteiger partial charge in [-0.2, -0.15) is 5.10 Å². The molecule has 0 radical (unpaired) electrons. The minimum atomic E-state index is 0.290. The van der Waals surface area contributed by atoms with Crippen molar-refractivity contribution in [1.29, 1.82) is 0 Å². The molecule has 0 unspecified atom stereocenters. The van der Waals surface area contributed by atoms with Gasteiger partial charge < -0.3 is 16.0 Å². The summed E-state index contributed by atoms with van der Waals surface area (Å²) in [6.07, 6.45) is 7.90. The molecule has 1 saturated heterocycles. The highest BCUT2D eigenvalue weighted by atomic mass is 15.3. The molecule has 5 N–H and O–H groups in total. The van der Waals surface area contributed by atoms with Crippen molar-refractivity contribution in [1.82, 2.24) is 25.1 Å². The van der Waals surface area contributed by atoms with E-state index in [1.165, 1.54) is 12.8 Å². The van der Waals surface area contributed by atoms with Gasteiger partial charge in [-0.1, -0.05) is 6.07 Å². The van der Waals surface area contributed by atoms with Gasteiger partial charge >= 0.3 is 0 Å². The van der Waals surface area contributed by atoms with Gasteiger partial charge in [0.25, 0.3) is 0 Å². The SMILES string of the molecule is CCn1cc(-c2cc(C(=[NH2+])c3cccc(N4CCNC5(CC5)C4)n3)c(N)cn2)cn1. The van der Waals surface area contributed by atoms with E-state index in [2.05, 4.69) is 26.4 Å². The summed E-state index contributed by atoms with van der Waals surface area (Å²) < 4.78 is 1.87. The number of pyridine rings is 2. The number of nitrogens with zero attached hydrogens (tertiary/aromatic N) is 5. The third-order valence-electron chi connectivity index (χ3n) is 6.04. The van der Waals surface area contributed by atoms with Crippen LogP contribution in [0.2, 0.25) is 0 Å². The van der Waals surface area contributed by atoms with Crippen molar-refractivity contribution in [2.24, 2.45) is 0 Å². The molecule has 0 bridgehead atoms. The van der Waals surface area contributed by atoms with Crippen LogP contribution in [0.15, 0.2) is 42.9 Å². The Morgan fingerprint density at radius 2 is 2.17 bits per heavy atom. The molecule has 8 nitrogen and oxygen atoms in total. The number of aromatic nitrogens is 4. The van der Waals surface area contributed by atoms with Crippen LogP contribution in [0.3, 0.4) is 0 Å². The van der Waals surface area contributed by atoms with Crippen molar-refractivity contribution in [3.05, 3.63) is 54.1 Å². The zero-order valence-corrected chi connectivity index (χ0v) is 17.2. The standard InChI is InChI=1S/C22H26N8/c1-2-30-13-15(11-27-30)19-10-16(17(23)12-25-19)21(24)18-4-3-5-20(28-18)29-9-8-26-22(14-29)6-7-22/h3-5,10-13,24,26H,2,6-9,14,23H2,1H3/p+1. The molecule has 1 spiro atoms. The first kappa shape index (κ1) is 18.7. The monoisotopic (exact) mass is 403 g/mol. The van der Waals surface area contributed by atoms with Crippen LogP contribution in [-0.2, 0) is 6.54 Å². The maximum Gasteiger partial charge on any atom is 0.232 e. The fourth-order valence-electron chi connectivity index (χ4n) is 4.05. The Bertz CT molecular complexity index is 1100. The number of anilines is 2. The quantitative estimate of drug-likeness (QED) is 0.535. The number of aryl methyl sites for hydroxylation is 1. The second kappa shape index (κ2) is 7.21. The molecule has 30 heavy (non-hydrogen) atoms. The Balaban J connectivity index is 1.44. The molecule has 2 aliphatic rings. The summed E-state index contributed by atoms with van der Waals surface area (Å²) in [5.41, 5.74) is 10.8. The lowest BCUT2D eigenvalue weighted by Gasteiger charge is -2.34. The smallest absolute Gasteiger partial charge is 0.232 e. The number of hydrogen-bond donors (Lipinski definition) is 3. The molecule has 1 aliphatic heterocycles. The van der Waals surface area contributed by atoms with Crippen LogP contribution in [0.4, 0.5) is 11.5 Å². The molecule has 3 aromatic heterocycles. The van der Waals surface area contributed by atoms with Crippen LogP contribution in [0, 0.1) is 0 Å². The Morgan fingerprint density at radius 3 is 2.93 bits per heavy atom. The van der Waals surface area contributed by atoms with E-state index in [9.17, 15) is 0 Å². The van der Waals surface area contributed by atoms with E-state index in [4.69, 9.17) is 16.1 Å². The van der Waals surface area contributed by atoms with Crippen LogP contribution in [0.5, 0.6) is 0 Å². The average molecular weight is 404 g/mol. The predicted octanol–water partition coefficient (Wildman–Crippen LogP) is 0.481. The summed E-state index contributed by atoms with van der Waals surface area (Å²) in [6, 6.07) is 7.91. The van der Waals surface area contributed by atoms with Gasteiger partial charge in [0.15, 0.2) is 0 Å². The fraction of sp³-hybridized carbons (Fsp3) is 0.364. The summed E-state index contributed by atoms with van der Waals surface area (Å²) in [6.45, 7) is 5.78. The average Bonchev–Trinajstić information content (AvgIpc) is 3.34. The zero-order valence-electron chi connectivity index (χ0n) is 17.2. The molecular formula is C22H27N8+. The van der Waals surface area contributed by atoms with Gasteiger partial charge in [-0.3, -0.25) is 15.1 Å². The van der Waals surface area contributed by atoms with Crippen LogP contribution in [0.1, 0.15) is 31.0 Å². The highest BCUT2D eigenvalue weighted by Crippen LogP contribution is 2.38. The number of piperazine rings is 1. The number of hydrogen-bond acceptors (Lipinski definition) is 6. The molecule has 3 aromatic rings. The maximum atomic E-state index is 6.55. The minimum absolute atomic E-state index is 0.290. The van der Waals surface area contributed by atoms with Crippen LogP contribution in [0.25, 0.3) is 11.3 Å². The van der Waals surface area contributed by atoms with Gasteiger partial charge in [0.1, 0.15) is 11.5 Å². The summed E-state index contributed by atoms with van der Waals surface area (Å²) in [4.78, 5) is 11.7. The molecule has 5 rings (SSSR count). The van der Waals surface area contributed by atoms with E-state index in [0.29, 0.717) is 16.9 Å². The van der Waals surface area contributed by atoms with Crippen molar-refractivity contribution < 1.29 is 5.41 Å². The first-order valence-corrected chi connectivity index (χ1v) is 10.5. The molecule has 4 heterocycles. The first-order valence-electron chi connectivity index (χ1n) is 10.5. The molecule has 0 amide bonds. The third kappa shape index (κ3) is 3.43. The third-order valence-corrected chi connectivity index (χ3v) is 6.04. The Morgan fingerprint density at radius 1 is 1.30 bits per heavy atom. The van der Waals surface area contributed by atoms with Gasteiger partial charge in [-0.15, -0.1) is 0 Å². The topological polar surface area (TPSA) is 110 Å². The van der Waals surface area contributed by atoms with E-state index >= 15 is 0 Å². The summed E-state index contributed by atoms with van der Waals surface area (Å²) in [7, 11) is 0. The van der Waals surface area contributed by atoms with Crippen LogP contribution < -0.4 is 21.4 Å². The summed E-state index contributed by atoms with van der Waals surface area (Å²) >= 11 is 0. The lowest BCUT2D eigenvalue weighted by molar-refractivity contribution is -0.111. The van der Waals surface area contributed by atoms with Crippen molar-refractivity contribution in [2.75, 3.05) is 30.3 Å². The first-order chi connectivity index (χ1) is 14.6. The molecule has 0 atom stereocenters. The van der Waals surface area contributed by atoms with Gasteiger partial charge in [0, 0.05) is 43.5 Å². The maximum absolute atomic E-state index is 6.55. The number of nitrogens with one attached hydrogen (secondary N) is 1. The highest BCUT2D eigenvalue weighted by Gasteiger charge is 2.45. The van der Waals surface area contributed by atoms with Crippen molar-refractivity contribution in [3.63, 3.8) is 0 Å². The van der Waals surface area contributed by atoms with Crippen molar-refractivity contribution >= 4 is 17.2 Å². The second-order valence-electron chi connectivity index (χ2n) is 8.16. The number of nitrogen functional groups attached to an aromatic ring is 1. The van der Waals surface area contributed by atoms with Crippen molar-refractivity contribution in [3.8, 4) is 11.3 Å². The van der Waals surface area contributed by atoms with Gasteiger partial charge in [-0.25, -0.2) is 4.98 Å². The van der Waals surface area contributed by atoms with E-state index in [1.807, 2.05) is 36.0 Å². The molecule has 2 fully saturated rings. The predicted molar refractivity (Wildman–Crippen MR) is 117 cm³/mol. The van der Waals surface area contributed by atoms with Gasteiger partial charge in [0.05, 0.1) is 29.3 Å². The van der Waals surface area contributed by atoms with E-state index < -0.39 is 0 Å². The lowest BCUT2D eigenvalue weighted by Crippen LogP contribution is -2.53. The normalized spacial score (nSPS) is 17.3. The fourth-order valence-corrected chi connectivity index (χ4v) is 4.05. The molecular weight excluding hydrogens is 376 g/mol. The highest BCUT2D eigenvalue weighted by molar-refractivity contribution is 6.11. The number of rotatable bonds is 5. The largest absolute Gasteiger partial charge is 0.397 e. The minimum Gasteiger partial charge on any atom is -0.397 e. The molecule has 0 aromatic carbocycles. The van der Waals surface area contributed by atoms with Crippen molar-refractivity contribution in [2.45, 2.75) is 31.8 Å². The van der Waals surface area contributed by atoms with Gasteiger partial charge in [-0.05, 0) is 38.0 Å². The Labute approximate surface area is 175 Å². The lowest BCUT2D eigenvalue weighted by atomic mass is 10.0.